The van der Waals surface area contributed by atoms with Gasteiger partial charge in [-0.1, -0.05) is 140 Å². The smallest absolute Gasteiger partial charge is 0.145 e. The van der Waals surface area contributed by atoms with Crippen molar-refractivity contribution in [3.63, 3.8) is 0 Å². The summed E-state index contributed by atoms with van der Waals surface area (Å²) in [5.41, 5.74) is 14.6. The fourth-order valence-corrected chi connectivity index (χ4v) is 8.16. The summed E-state index contributed by atoms with van der Waals surface area (Å²) >= 11 is 0. The highest BCUT2D eigenvalue weighted by Gasteiger charge is 2.51. The van der Waals surface area contributed by atoms with Crippen LogP contribution in [-0.2, 0) is 5.41 Å². The molecule has 6 aromatic carbocycles. The predicted octanol–water partition coefficient (Wildman–Crippen LogP) is 9.95. The first kappa shape index (κ1) is 28.6. The summed E-state index contributed by atoms with van der Waals surface area (Å²) in [7, 11) is 0. The standard InChI is InChI=1S/C46H33N3O/c1-2-12-32(13-3-1)45-48-41(29-42(49-45)40-19-10-11-27-47-40)31-23-21-30(22-24-31)33-25-26-44-39(28-33)46(38-18-8-9-20-43(38)50-44)36-16-6-4-14-34(36)35-15-5-7-17-37(35)46/h1-26,28-29,45,47-48H,27H2. The summed E-state index contributed by atoms with van der Waals surface area (Å²) in [6.45, 7) is 0.794. The lowest BCUT2D eigenvalue weighted by molar-refractivity contribution is 0.436. The molecule has 1 aliphatic carbocycles. The van der Waals surface area contributed by atoms with Crippen molar-refractivity contribution in [1.82, 2.24) is 10.6 Å². The van der Waals surface area contributed by atoms with Crippen LogP contribution in [0.3, 0.4) is 0 Å². The van der Waals surface area contributed by atoms with Crippen LogP contribution < -0.4 is 15.4 Å². The molecule has 4 heteroatoms. The third-order valence-corrected chi connectivity index (χ3v) is 10.4. The van der Waals surface area contributed by atoms with Crippen LogP contribution in [0.25, 0.3) is 28.0 Å². The van der Waals surface area contributed by atoms with E-state index >= 15 is 0 Å². The van der Waals surface area contributed by atoms with E-state index in [9.17, 15) is 0 Å². The lowest BCUT2D eigenvalue weighted by Gasteiger charge is -2.39. The van der Waals surface area contributed by atoms with Crippen molar-refractivity contribution in [2.75, 3.05) is 6.54 Å². The summed E-state index contributed by atoms with van der Waals surface area (Å²) in [5, 5.41) is 7.19. The first-order valence-electron chi connectivity index (χ1n) is 17.2. The molecule has 10 rings (SSSR count). The molecule has 1 atom stereocenters. The van der Waals surface area contributed by atoms with Gasteiger partial charge in [0.15, 0.2) is 0 Å². The lowest BCUT2D eigenvalue weighted by Crippen LogP contribution is -2.32. The molecule has 2 N–H and O–H groups in total. The number of aliphatic imine (C=N–C) groups is 1. The number of nitrogens with one attached hydrogen (secondary N) is 2. The van der Waals surface area contributed by atoms with Crippen molar-refractivity contribution in [1.29, 1.82) is 0 Å². The molecule has 0 saturated heterocycles. The van der Waals surface area contributed by atoms with E-state index in [4.69, 9.17) is 9.73 Å². The molecule has 0 saturated carbocycles. The number of hydrogen-bond acceptors (Lipinski definition) is 4. The zero-order valence-electron chi connectivity index (χ0n) is 27.3. The number of rotatable bonds is 4. The number of dihydropyridines is 1. The number of hydrogen-bond donors (Lipinski definition) is 2. The second-order valence-corrected chi connectivity index (χ2v) is 13.1. The van der Waals surface area contributed by atoms with E-state index in [1.165, 1.54) is 33.4 Å². The largest absolute Gasteiger partial charge is 0.457 e. The molecule has 0 aromatic heterocycles. The van der Waals surface area contributed by atoms with Crippen molar-refractivity contribution in [3.05, 3.63) is 209 Å². The molecule has 0 fully saturated rings. The minimum absolute atomic E-state index is 0.184. The maximum Gasteiger partial charge on any atom is 0.145 e. The maximum absolute atomic E-state index is 6.65. The number of nitrogens with zero attached hydrogens (tertiary/aromatic N) is 1. The highest BCUT2D eigenvalue weighted by Crippen LogP contribution is 2.62. The second-order valence-electron chi connectivity index (χ2n) is 13.1. The van der Waals surface area contributed by atoms with E-state index < -0.39 is 5.41 Å². The SMILES string of the molecule is C1=CCNC(C2=NC(c3ccccc3)NC(c3ccc(-c4ccc5c(c4)C4(c6ccccc6O5)c5ccccc5-c5ccccc54)cc3)=C2)=C1. The Morgan fingerprint density at radius 3 is 1.96 bits per heavy atom. The van der Waals surface area contributed by atoms with E-state index in [1.54, 1.807) is 0 Å². The molecule has 4 aliphatic rings. The topological polar surface area (TPSA) is 45.7 Å². The van der Waals surface area contributed by atoms with Gasteiger partial charge in [-0.3, -0.25) is 4.99 Å². The van der Waals surface area contributed by atoms with Crippen LogP contribution >= 0.6 is 0 Å². The van der Waals surface area contributed by atoms with Gasteiger partial charge in [0.1, 0.15) is 17.7 Å². The first-order valence-corrected chi connectivity index (χ1v) is 17.2. The summed E-state index contributed by atoms with van der Waals surface area (Å²) in [6.07, 6.45) is 8.26. The molecule has 3 aliphatic heterocycles. The van der Waals surface area contributed by atoms with Crippen molar-refractivity contribution in [2.45, 2.75) is 11.6 Å². The van der Waals surface area contributed by atoms with Gasteiger partial charge in [0.2, 0.25) is 0 Å². The predicted molar refractivity (Wildman–Crippen MR) is 202 cm³/mol. The van der Waals surface area contributed by atoms with Crippen LogP contribution in [0.1, 0.15) is 39.5 Å². The van der Waals surface area contributed by atoms with Gasteiger partial charge in [0, 0.05) is 23.4 Å². The molecule has 238 valence electrons. The molecule has 0 amide bonds. The minimum Gasteiger partial charge on any atom is -0.457 e. The van der Waals surface area contributed by atoms with Crippen LogP contribution in [0, 0.1) is 0 Å². The van der Waals surface area contributed by atoms with Crippen LogP contribution in [0.5, 0.6) is 11.5 Å². The van der Waals surface area contributed by atoms with Crippen molar-refractivity contribution in [3.8, 4) is 33.8 Å². The summed E-state index contributed by atoms with van der Waals surface area (Å²) in [6, 6.07) is 52.2. The van der Waals surface area contributed by atoms with E-state index in [-0.39, 0.29) is 6.17 Å². The van der Waals surface area contributed by atoms with Crippen molar-refractivity contribution in [2.24, 2.45) is 4.99 Å². The molecular weight excluding hydrogens is 611 g/mol. The zero-order chi connectivity index (χ0) is 33.1. The molecule has 0 bridgehead atoms. The Bertz CT molecular complexity index is 2390. The summed E-state index contributed by atoms with van der Waals surface area (Å²) in [5.74, 6) is 1.80. The van der Waals surface area contributed by atoms with Crippen LogP contribution in [0.15, 0.2) is 181 Å². The van der Waals surface area contributed by atoms with Gasteiger partial charge in [-0.15, -0.1) is 0 Å². The minimum atomic E-state index is -0.483. The van der Waals surface area contributed by atoms with E-state index in [0.717, 1.165) is 57.4 Å². The molecular formula is C46H33N3O. The molecule has 1 unspecified atom stereocenters. The lowest BCUT2D eigenvalue weighted by atomic mass is 9.66. The van der Waals surface area contributed by atoms with Gasteiger partial charge in [-0.05, 0) is 74.9 Å². The fourth-order valence-electron chi connectivity index (χ4n) is 8.16. The normalized spacial score (nSPS) is 17.4. The molecule has 3 heterocycles. The Labute approximate surface area is 291 Å². The van der Waals surface area contributed by atoms with Crippen LogP contribution in [-0.4, -0.2) is 12.3 Å². The Kier molecular flexibility index (Phi) is 6.50. The van der Waals surface area contributed by atoms with Gasteiger partial charge in [-0.2, -0.15) is 0 Å². The quantitative estimate of drug-likeness (QED) is 0.201. The number of allylic oxidation sites excluding steroid dienone is 3. The molecule has 4 nitrogen and oxygen atoms in total. The number of ether oxygens (including phenoxy) is 1. The van der Waals surface area contributed by atoms with Crippen molar-refractivity contribution < 1.29 is 4.74 Å². The van der Waals surface area contributed by atoms with Gasteiger partial charge < -0.3 is 15.4 Å². The molecule has 6 aromatic rings. The maximum atomic E-state index is 6.65. The van der Waals surface area contributed by atoms with Crippen LogP contribution in [0.2, 0.25) is 0 Å². The fraction of sp³-hybridized carbons (Fsp3) is 0.0652. The third-order valence-electron chi connectivity index (χ3n) is 10.4. The Morgan fingerprint density at radius 2 is 1.22 bits per heavy atom. The highest BCUT2D eigenvalue weighted by molar-refractivity contribution is 6.12. The Balaban J connectivity index is 1.07. The molecule has 50 heavy (non-hydrogen) atoms. The zero-order valence-corrected chi connectivity index (χ0v) is 27.3. The van der Waals surface area contributed by atoms with Gasteiger partial charge >= 0.3 is 0 Å². The second kappa shape index (κ2) is 11.4. The van der Waals surface area contributed by atoms with Crippen LogP contribution in [0.4, 0.5) is 0 Å². The third kappa shape index (κ3) is 4.35. The number of fused-ring (bicyclic) bond motifs is 9. The monoisotopic (exact) mass is 643 g/mol. The van der Waals surface area contributed by atoms with Crippen molar-refractivity contribution >= 4 is 11.4 Å². The van der Waals surface area contributed by atoms with Gasteiger partial charge in [0.25, 0.3) is 0 Å². The number of para-hydroxylation sites is 1. The molecule has 0 radical (unpaired) electrons. The average molecular weight is 644 g/mol. The highest BCUT2D eigenvalue weighted by atomic mass is 16.5. The molecule has 1 spiro atoms. The number of benzene rings is 6. The van der Waals surface area contributed by atoms with E-state index in [0.29, 0.717) is 0 Å². The van der Waals surface area contributed by atoms with E-state index in [1.807, 2.05) is 6.07 Å². The summed E-state index contributed by atoms with van der Waals surface area (Å²) in [4.78, 5) is 5.09. The Morgan fingerprint density at radius 1 is 0.580 bits per heavy atom. The van der Waals surface area contributed by atoms with Gasteiger partial charge in [-0.25, -0.2) is 0 Å². The summed E-state index contributed by atoms with van der Waals surface area (Å²) < 4.78 is 6.65. The Hall–Kier alpha value is -6.39. The first-order chi connectivity index (χ1) is 24.8. The van der Waals surface area contributed by atoms with Gasteiger partial charge in [0.05, 0.1) is 16.8 Å². The van der Waals surface area contributed by atoms with E-state index in [2.05, 4.69) is 174 Å². The average Bonchev–Trinajstić information content (AvgIpc) is 3.49.